The van der Waals surface area contributed by atoms with Crippen LogP contribution in [0.25, 0.3) is 22.2 Å². The highest BCUT2D eigenvalue weighted by Crippen LogP contribution is 2.31. The van der Waals surface area contributed by atoms with Crippen molar-refractivity contribution in [2.45, 2.75) is 32.4 Å². The molecule has 0 aliphatic carbocycles. The molecule has 0 fully saturated rings. The third kappa shape index (κ3) is 5.82. The minimum Gasteiger partial charge on any atom is -0.480 e. The number of nitrogens with zero attached hydrogens (tertiary/aromatic N) is 2. The first-order valence-corrected chi connectivity index (χ1v) is 9.98. The number of amides is 1. The molecule has 0 spiro atoms. The van der Waals surface area contributed by atoms with E-state index in [-0.39, 0.29) is 6.61 Å². The van der Waals surface area contributed by atoms with E-state index in [2.05, 4.69) is 26.8 Å². The molecule has 0 aliphatic rings. The van der Waals surface area contributed by atoms with E-state index in [0.717, 1.165) is 16.5 Å². The molecule has 8 heteroatoms. The van der Waals surface area contributed by atoms with Gasteiger partial charge >= 0.3 is 6.09 Å². The van der Waals surface area contributed by atoms with E-state index in [9.17, 15) is 4.79 Å². The standard InChI is InChI=1S/C23H28N4O4/c1-6-11-30-14-19(27-22(28)31-23(2,3)4)20-24-13-18(25-20)16-12-15-9-7-8-10-17(15)26-21(16)29-5/h6-10,12-13,19H,1,11,14H2,2-5H3,(H,24,25)(H,27,28)/t19-/m0/s1. The number of H-pyrrole nitrogens is 1. The lowest BCUT2D eigenvalue weighted by molar-refractivity contribution is 0.0451. The Kier molecular flexibility index (Phi) is 6.91. The molecule has 8 nitrogen and oxygen atoms in total. The van der Waals surface area contributed by atoms with Crippen molar-refractivity contribution in [1.29, 1.82) is 0 Å². The molecule has 0 aliphatic heterocycles. The van der Waals surface area contributed by atoms with Crippen LogP contribution in [0.4, 0.5) is 4.79 Å². The molecule has 31 heavy (non-hydrogen) atoms. The molecule has 2 N–H and O–H groups in total. The van der Waals surface area contributed by atoms with Crippen molar-refractivity contribution in [3.63, 3.8) is 0 Å². The minimum absolute atomic E-state index is 0.200. The molecule has 0 saturated heterocycles. The number of para-hydroxylation sites is 1. The fraction of sp³-hybridized carbons (Fsp3) is 0.348. The topological polar surface area (TPSA) is 98.4 Å². The molecule has 0 bridgehead atoms. The second-order valence-electron chi connectivity index (χ2n) is 7.94. The van der Waals surface area contributed by atoms with Crippen LogP contribution in [0.3, 0.4) is 0 Å². The highest BCUT2D eigenvalue weighted by molar-refractivity contribution is 5.85. The number of imidazole rings is 1. The van der Waals surface area contributed by atoms with Crippen LogP contribution in [-0.4, -0.2) is 47.0 Å². The molecule has 0 saturated carbocycles. The Labute approximate surface area is 181 Å². The lowest BCUT2D eigenvalue weighted by Gasteiger charge is -2.22. The zero-order valence-electron chi connectivity index (χ0n) is 18.3. The summed E-state index contributed by atoms with van der Waals surface area (Å²) in [6, 6.07) is 9.25. The Bertz CT molecular complexity index is 1060. The van der Waals surface area contributed by atoms with Crippen molar-refractivity contribution < 1.29 is 19.0 Å². The van der Waals surface area contributed by atoms with Crippen molar-refractivity contribution in [1.82, 2.24) is 20.3 Å². The van der Waals surface area contributed by atoms with E-state index in [1.807, 2.05) is 30.3 Å². The number of aromatic nitrogens is 3. The Hall–Kier alpha value is -3.39. The minimum atomic E-state index is -0.616. The van der Waals surface area contributed by atoms with Crippen LogP contribution in [0.5, 0.6) is 5.88 Å². The lowest BCUT2D eigenvalue weighted by atomic mass is 10.1. The lowest BCUT2D eigenvalue weighted by Crippen LogP contribution is -2.37. The van der Waals surface area contributed by atoms with Gasteiger partial charge in [-0.2, -0.15) is 0 Å². The predicted octanol–water partition coefficient (Wildman–Crippen LogP) is 4.40. The van der Waals surface area contributed by atoms with Crippen LogP contribution in [-0.2, 0) is 9.47 Å². The molecule has 164 valence electrons. The molecule has 0 radical (unpaired) electrons. The van der Waals surface area contributed by atoms with Gasteiger partial charge in [-0.15, -0.1) is 6.58 Å². The van der Waals surface area contributed by atoms with Gasteiger partial charge in [0.05, 0.1) is 43.3 Å². The van der Waals surface area contributed by atoms with Crippen molar-refractivity contribution >= 4 is 17.0 Å². The van der Waals surface area contributed by atoms with Gasteiger partial charge in [0.2, 0.25) is 5.88 Å². The summed E-state index contributed by atoms with van der Waals surface area (Å²) < 4.78 is 16.4. The first kappa shape index (κ1) is 22.3. The summed E-state index contributed by atoms with van der Waals surface area (Å²) in [6.45, 7) is 9.61. The van der Waals surface area contributed by atoms with Gasteiger partial charge < -0.3 is 24.5 Å². The van der Waals surface area contributed by atoms with E-state index in [1.54, 1.807) is 40.2 Å². The molecule has 3 aromatic rings. The van der Waals surface area contributed by atoms with Crippen LogP contribution in [0.1, 0.15) is 32.6 Å². The number of ether oxygens (including phenoxy) is 3. The number of fused-ring (bicyclic) bond motifs is 1. The Morgan fingerprint density at radius 2 is 2.10 bits per heavy atom. The number of methoxy groups -OCH3 is 1. The quantitative estimate of drug-likeness (QED) is 0.411. The summed E-state index contributed by atoms with van der Waals surface area (Å²) in [6.07, 6.45) is 2.77. The van der Waals surface area contributed by atoms with E-state index in [0.29, 0.717) is 24.0 Å². The maximum atomic E-state index is 12.3. The molecular weight excluding hydrogens is 396 g/mol. The fourth-order valence-electron chi connectivity index (χ4n) is 3.01. The summed E-state index contributed by atoms with van der Waals surface area (Å²) in [5, 5.41) is 3.79. The molecule has 2 aromatic heterocycles. The number of nitrogens with one attached hydrogen (secondary N) is 2. The summed E-state index contributed by atoms with van der Waals surface area (Å²) in [5.41, 5.74) is 1.70. The number of benzene rings is 1. The van der Waals surface area contributed by atoms with Gasteiger partial charge in [0.15, 0.2) is 0 Å². The average molecular weight is 425 g/mol. The second kappa shape index (κ2) is 9.61. The highest BCUT2D eigenvalue weighted by Gasteiger charge is 2.23. The number of hydrogen-bond donors (Lipinski definition) is 2. The van der Waals surface area contributed by atoms with E-state index >= 15 is 0 Å². The van der Waals surface area contributed by atoms with Gasteiger partial charge in [-0.3, -0.25) is 0 Å². The van der Waals surface area contributed by atoms with E-state index in [1.165, 1.54) is 0 Å². The summed E-state index contributed by atoms with van der Waals surface area (Å²) in [4.78, 5) is 24.6. The van der Waals surface area contributed by atoms with Crippen LogP contribution < -0.4 is 10.1 Å². The van der Waals surface area contributed by atoms with Gasteiger partial charge in [0.25, 0.3) is 0 Å². The van der Waals surface area contributed by atoms with Gasteiger partial charge in [-0.25, -0.2) is 14.8 Å². The predicted molar refractivity (Wildman–Crippen MR) is 119 cm³/mol. The maximum absolute atomic E-state index is 12.3. The fourth-order valence-corrected chi connectivity index (χ4v) is 3.01. The van der Waals surface area contributed by atoms with Crippen LogP contribution in [0.15, 0.2) is 49.2 Å². The number of rotatable bonds is 8. The van der Waals surface area contributed by atoms with Crippen LogP contribution in [0, 0.1) is 0 Å². The Balaban J connectivity index is 1.89. The maximum Gasteiger partial charge on any atom is 0.408 e. The summed E-state index contributed by atoms with van der Waals surface area (Å²) in [5.74, 6) is 1.01. The smallest absolute Gasteiger partial charge is 0.408 e. The van der Waals surface area contributed by atoms with Crippen molar-refractivity contribution in [2.24, 2.45) is 0 Å². The molecule has 0 unspecified atom stereocenters. The zero-order chi connectivity index (χ0) is 22.4. The molecule has 1 aromatic carbocycles. The Morgan fingerprint density at radius 3 is 2.81 bits per heavy atom. The zero-order valence-corrected chi connectivity index (χ0v) is 18.3. The normalized spacial score (nSPS) is 12.4. The Morgan fingerprint density at radius 1 is 1.32 bits per heavy atom. The molecule has 2 heterocycles. The van der Waals surface area contributed by atoms with E-state index < -0.39 is 17.7 Å². The van der Waals surface area contributed by atoms with Crippen molar-refractivity contribution in [3.8, 4) is 17.1 Å². The highest BCUT2D eigenvalue weighted by atomic mass is 16.6. The van der Waals surface area contributed by atoms with Gasteiger partial charge in [-0.05, 0) is 32.9 Å². The number of carbonyl (C=O) groups excluding carboxylic acids is 1. The SMILES string of the molecule is C=CCOC[C@H](NC(=O)OC(C)(C)C)c1ncc(-c2cc3ccccc3nc2OC)[nH]1. The van der Waals surface area contributed by atoms with Crippen molar-refractivity contribution in [3.05, 3.63) is 55.0 Å². The van der Waals surface area contributed by atoms with E-state index in [4.69, 9.17) is 14.2 Å². The third-order valence-electron chi connectivity index (χ3n) is 4.31. The number of aromatic amines is 1. The number of carbonyl (C=O) groups is 1. The molecule has 1 atom stereocenters. The first-order chi connectivity index (χ1) is 14.8. The number of pyridine rings is 1. The monoisotopic (exact) mass is 424 g/mol. The van der Waals surface area contributed by atoms with Gasteiger partial charge in [0.1, 0.15) is 17.5 Å². The van der Waals surface area contributed by atoms with Crippen LogP contribution in [0.2, 0.25) is 0 Å². The van der Waals surface area contributed by atoms with Crippen LogP contribution >= 0.6 is 0 Å². The van der Waals surface area contributed by atoms with Gasteiger partial charge in [-0.1, -0.05) is 24.3 Å². The average Bonchev–Trinajstić information content (AvgIpc) is 3.20. The summed E-state index contributed by atoms with van der Waals surface area (Å²) in [7, 11) is 1.58. The molecule has 1 amide bonds. The third-order valence-corrected chi connectivity index (χ3v) is 4.31. The summed E-state index contributed by atoms with van der Waals surface area (Å²) >= 11 is 0. The number of hydrogen-bond acceptors (Lipinski definition) is 6. The first-order valence-electron chi connectivity index (χ1n) is 9.98. The van der Waals surface area contributed by atoms with Crippen molar-refractivity contribution in [2.75, 3.05) is 20.3 Å². The largest absolute Gasteiger partial charge is 0.480 e. The second-order valence-corrected chi connectivity index (χ2v) is 7.94. The number of alkyl carbamates (subject to hydrolysis) is 1. The van der Waals surface area contributed by atoms with Gasteiger partial charge in [0, 0.05) is 5.39 Å². The molecule has 3 rings (SSSR count). The molecular formula is C23H28N4O4.